The van der Waals surface area contributed by atoms with E-state index in [0.717, 1.165) is 17.7 Å². The van der Waals surface area contributed by atoms with Gasteiger partial charge in [-0.3, -0.25) is 4.55 Å². The number of amidine groups is 1. The van der Waals surface area contributed by atoms with E-state index >= 15 is 0 Å². The van der Waals surface area contributed by atoms with Crippen molar-refractivity contribution in [2.45, 2.75) is 25.2 Å². The first-order valence-electron chi connectivity index (χ1n) is 17.7. The van der Waals surface area contributed by atoms with Gasteiger partial charge in [-0.1, -0.05) is 53.7 Å². The van der Waals surface area contributed by atoms with Crippen LogP contribution in [0.15, 0.2) is 91.1 Å². The number of aliphatic hydroxyl groups excluding tert-OH is 1. The summed E-state index contributed by atoms with van der Waals surface area (Å²) in [7, 11) is -3.43. The van der Waals surface area contributed by atoms with E-state index in [2.05, 4.69) is 78.3 Å². The van der Waals surface area contributed by atoms with Crippen molar-refractivity contribution in [3.8, 4) is 11.8 Å². The molecule has 0 spiro atoms. The number of rotatable bonds is 18. The van der Waals surface area contributed by atoms with Crippen LogP contribution >= 0.6 is 0 Å². The van der Waals surface area contributed by atoms with Crippen LogP contribution in [-0.2, 0) is 32.0 Å². The number of aromatic nitrogens is 4. The number of benzene rings is 3. The van der Waals surface area contributed by atoms with E-state index in [1.807, 2.05) is 0 Å². The molecule has 5 aromatic rings. The molecular formula is C37H36CuFN15O6S. The Kier molecular flexibility index (Phi) is 16.7. The standard InChI is InChI=1S/C37H36FN15O6S.Cu/c1-21-10-11-24(20-55)27(16-21)49-52-32(23-8-5-4-6-9-23)53-50-29-18-25(60(57,58)59)17-28(31(29)56)44-37-47-35(38)46-36(48-37)43-13-7-12-41-34-30(51-40-3)22(2)26(19-39)33(45-34)42-14-15-54;/h4-6,8-11,16-18,54H,7,12-15H2,1-3H3,(H6-,40,41,42,43,44,45,46,47,48,49,50,51,52,53,55,56,57,58,59);/q-2;+2. The van der Waals surface area contributed by atoms with Gasteiger partial charge in [0.05, 0.1) is 29.0 Å². The molecule has 2 heterocycles. The molecule has 1 radical (unpaired) electrons. The predicted octanol–water partition coefficient (Wildman–Crippen LogP) is 6.23. The minimum Gasteiger partial charge on any atom is -0.571 e. The summed E-state index contributed by atoms with van der Waals surface area (Å²) in [5.74, 6) is -0.912. The summed E-state index contributed by atoms with van der Waals surface area (Å²) in [6.07, 6.45) is 0.952. The van der Waals surface area contributed by atoms with Crippen LogP contribution < -0.4 is 21.3 Å². The van der Waals surface area contributed by atoms with Crippen LogP contribution in [-0.4, -0.2) is 88.5 Å². The van der Waals surface area contributed by atoms with Gasteiger partial charge in [-0.15, -0.1) is 16.7 Å². The fraction of sp³-hybridized carbons (Fsp3) is 0.216. The van der Waals surface area contributed by atoms with Crippen LogP contribution in [0.5, 0.6) is 5.75 Å². The fourth-order valence-electron chi connectivity index (χ4n) is 5.23. The second kappa shape index (κ2) is 21.8. The molecule has 0 bridgehead atoms. The Labute approximate surface area is 359 Å². The molecule has 7 N–H and O–H groups in total. The number of hydrogen-bond donors (Lipinski definition) is 7. The monoisotopic (exact) mass is 900 g/mol. The quantitative estimate of drug-likeness (QED) is 0.00590. The summed E-state index contributed by atoms with van der Waals surface area (Å²) < 4.78 is 49.1. The van der Waals surface area contributed by atoms with Crippen molar-refractivity contribution in [1.82, 2.24) is 19.9 Å². The summed E-state index contributed by atoms with van der Waals surface area (Å²) in [6.45, 7) is 3.97. The van der Waals surface area contributed by atoms with Crippen LogP contribution in [0.1, 0.15) is 34.2 Å². The van der Waals surface area contributed by atoms with E-state index in [0.29, 0.717) is 35.6 Å². The van der Waals surface area contributed by atoms with E-state index in [9.17, 15) is 37.6 Å². The van der Waals surface area contributed by atoms with Gasteiger partial charge in [-0.05, 0) is 32.0 Å². The molecule has 5 rings (SSSR count). The molecule has 24 heteroatoms. The molecule has 0 aliphatic rings. The SMILES string of the molecule is CN=Nc1c(NCCCNc2nc(F)nc(Nc3cc(S(=O)(=O)O)cc([N-]/N=C(\N=Nc4cc(C)ccc4[C-]=O)c4ccccc4)c3O)n2)nc(NCCO)c(C#N)c1C.[Cu+2]. The second-order valence-corrected chi connectivity index (χ2v) is 13.8. The largest absolute Gasteiger partial charge is 2.00 e. The number of halogens is 1. The minimum absolute atomic E-state index is 0. The van der Waals surface area contributed by atoms with Crippen molar-refractivity contribution in [2.24, 2.45) is 25.6 Å². The molecule has 61 heavy (non-hydrogen) atoms. The molecule has 0 aliphatic carbocycles. The zero-order valence-electron chi connectivity index (χ0n) is 32.4. The van der Waals surface area contributed by atoms with Gasteiger partial charge < -0.3 is 46.8 Å². The number of hydrogen-bond acceptors (Lipinski definition) is 18. The number of pyridine rings is 1. The molecular weight excluding hydrogens is 865 g/mol. The smallest absolute Gasteiger partial charge is 0.571 e. The Morgan fingerprint density at radius 2 is 1.67 bits per heavy atom. The van der Waals surface area contributed by atoms with Gasteiger partial charge in [-0.25, -0.2) is 10.1 Å². The van der Waals surface area contributed by atoms with Gasteiger partial charge >= 0.3 is 23.1 Å². The molecule has 0 saturated carbocycles. The average molecular weight is 901 g/mol. The number of nitrogens with one attached hydrogen (secondary N) is 4. The van der Waals surface area contributed by atoms with Gasteiger partial charge in [0.1, 0.15) is 23.3 Å². The summed E-state index contributed by atoms with van der Waals surface area (Å²) in [5, 5.41) is 61.8. The van der Waals surface area contributed by atoms with Crippen LogP contribution in [0.2, 0.25) is 0 Å². The predicted molar refractivity (Wildman–Crippen MR) is 219 cm³/mol. The maximum Gasteiger partial charge on any atom is 2.00 e. The number of azo groups is 2. The van der Waals surface area contributed by atoms with Crippen molar-refractivity contribution in [2.75, 3.05) is 54.6 Å². The van der Waals surface area contributed by atoms with E-state index in [1.165, 1.54) is 13.1 Å². The summed E-state index contributed by atoms with van der Waals surface area (Å²) in [4.78, 5) is 26.5. The van der Waals surface area contributed by atoms with Gasteiger partial charge in [0.25, 0.3) is 10.1 Å². The maximum absolute atomic E-state index is 14.7. The summed E-state index contributed by atoms with van der Waals surface area (Å²) in [5.41, 5.74) is 5.76. The van der Waals surface area contributed by atoms with Crippen LogP contribution in [0.3, 0.4) is 0 Å². The number of phenols is 1. The van der Waals surface area contributed by atoms with Crippen LogP contribution in [0, 0.1) is 31.3 Å². The molecule has 0 fully saturated rings. The van der Waals surface area contributed by atoms with E-state index in [1.54, 1.807) is 62.6 Å². The molecule has 0 unspecified atom stereocenters. The van der Waals surface area contributed by atoms with Crippen molar-refractivity contribution in [3.63, 3.8) is 0 Å². The third-order valence-electron chi connectivity index (χ3n) is 8.08. The second-order valence-electron chi connectivity index (χ2n) is 12.3. The van der Waals surface area contributed by atoms with Gasteiger partial charge in [0.2, 0.25) is 11.9 Å². The van der Waals surface area contributed by atoms with Crippen molar-refractivity contribution in [1.29, 1.82) is 5.26 Å². The summed E-state index contributed by atoms with van der Waals surface area (Å²) >= 11 is 0. The zero-order chi connectivity index (χ0) is 43.2. The number of aryl methyl sites for hydroxylation is 1. The van der Waals surface area contributed by atoms with Crippen LogP contribution in [0.25, 0.3) is 5.43 Å². The third kappa shape index (κ3) is 12.5. The number of anilines is 5. The Morgan fingerprint density at radius 3 is 2.36 bits per heavy atom. The number of aromatic hydroxyl groups is 1. The molecule has 0 amide bonds. The Hall–Kier alpha value is -7.03. The van der Waals surface area contributed by atoms with Crippen LogP contribution in [0.4, 0.5) is 50.7 Å². The first-order chi connectivity index (χ1) is 28.8. The first kappa shape index (κ1) is 46.7. The first-order valence-corrected chi connectivity index (χ1v) is 19.1. The number of aliphatic hydroxyl groups is 1. The topological polar surface area (TPSA) is 311 Å². The number of nitriles is 1. The number of phenolic OH excluding ortho intramolecular Hbond substituents is 1. The zero-order valence-corrected chi connectivity index (χ0v) is 34.1. The van der Waals surface area contributed by atoms with Gasteiger partial charge in [0, 0.05) is 37.8 Å². The molecule has 2 aromatic heterocycles. The van der Waals surface area contributed by atoms with E-state index in [-0.39, 0.29) is 71.2 Å². The number of nitrogens with zero attached hydrogens (tertiary/aromatic N) is 11. The average Bonchev–Trinajstić information content (AvgIpc) is 3.22. The summed E-state index contributed by atoms with van der Waals surface area (Å²) in [6, 6.07) is 17.0. The van der Waals surface area contributed by atoms with Gasteiger partial charge in [-0.2, -0.15) is 49.3 Å². The number of carbonyl (C=O) groups excluding carboxylic acids is 1. The molecule has 0 saturated heterocycles. The normalized spacial score (nSPS) is 11.5. The molecule has 0 atom stereocenters. The van der Waals surface area contributed by atoms with Crippen molar-refractivity contribution >= 4 is 68.5 Å². The van der Waals surface area contributed by atoms with Crippen molar-refractivity contribution in [3.05, 3.63) is 100.0 Å². The Balaban J connectivity index is 0.00000819. The van der Waals surface area contributed by atoms with Gasteiger partial charge in [0.15, 0.2) is 11.7 Å². The Morgan fingerprint density at radius 1 is 0.951 bits per heavy atom. The Bertz CT molecular complexity index is 2610. The van der Waals surface area contributed by atoms with Crippen molar-refractivity contribution < 1.29 is 49.4 Å². The molecule has 3 aromatic carbocycles. The molecule has 0 aliphatic heterocycles. The van der Waals surface area contributed by atoms with E-state index in [4.69, 9.17) is 0 Å². The molecule has 21 nitrogen and oxygen atoms in total. The molecule has 319 valence electrons. The fourth-order valence-corrected chi connectivity index (χ4v) is 5.76. The maximum atomic E-state index is 14.7. The minimum atomic E-state index is -4.91. The van der Waals surface area contributed by atoms with E-state index < -0.39 is 44.2 Å². The third-order valence-corrected chi connectivity index (χ3v) is 8.91.